The molecule has 0 unspecified atom stereocenters. The first kappa shape index (κ1) is 22.2. The average Bonchev–Trinajstić information content (AvgIpc) is 3.43. The number of carbonyl (C=O) groups is 2. The molecular formula is C26H24N4O3S. The summed E-state index contributed by atoms with van der Waals surface area (Å²) >= 11 is 1.41. The van der Waals surface area contributed by atoms with Crippen molar-refractivity contribution in [2.24, 2.45) is 5.92 Å². The van der Waals surface area contributed by atoms with Crippen LogP contribution in [-0.2, 0) is 9.59 Å². The number of anilines is 1. The zero-order chi connectivity index (χ0) is 23.3. The van der Waals surface area contributed by atoms with Gasteiger partial charge in [-0.05, 0) is 43.2 Å². The van der Waals surface area contributed by atoms with Crippen molar-refractivity contribution >= 4 is 40.2 Å². The van der Waals surface area contributed by atoms with E-state index >= 15 is 0 Å². The van der Waals surface area contributed by atoms with E-state index < -0.39 is 0 Å². The van der Waals surface area contributed by atoms with E-state index in [1.165, 1.54) is 11.8 Å². The number of thioether (sulfide) groups is 1. The van der Waals surface area contributed by atoms with Gasteiger partial charge in [-0.3, -0.25) is 9.59 Å². The zero-order valence-electron chi connectivity index (χ0n) is 18.5. The minimum atomic E-state index is -0.0847. The Balaban J connectivity index is 1.20. The SMILES string of the molecule is O=C(Nc1ccccc1)C1CCN(C(=O)CSc2nc(-c3ccco3)nc3ccccc23)CC1. The second-order valence-electron chi connectivity index (χ2n) is 8.15. The van der Waals surface area contributed by atoms with E-state index in [9.17, 15) is 9.59 Å². The van der Waals surface area contributed by atoms with Gasteiger partial charge in [0.15, 0.2) is 11.6 Å². The van der Waals surface area contributed by atoms with Gasteiger partial charge in [0.05, 0.1) is 17.5 Å². The molecule has 0 atom stereocenters. The van der Waals surface area contributed by atoms with Crippen molar-refractivity contribution in [1.82, 2.24) is 14.9 Å². The molecule has 2 aromatic heterocycles. The van der Waals surface area contributed by atoms with Crippen LogP contribution in [0.4, 0.5) is 5.69 Å². The van der Waals surface area contributed by atoms with Gasteiger partial charge in [0.1, 0.15) is 5.03 Å². The molecule has 1 fully saturated rings. The summed E-state index contributed by atoms with van der Waals surface area (Å²) < 4.78 is 5.47. The molecule has 0 saturated carbocycles. The van der Waals surface area contributed by atoms with Crippen LogP contribution in [0, 0.1) is 5.92 Å². The lowest BCUT2D eigenvalue weighted by molar-refractivity contribution is -0.132. The highest BCUT2D eigenvalue weighted by Gasteiger charge is 2.27. The highest BCUT2D eigenvalue weighted by molar-refractivity contribution is 8.00. The summed E-state index contributed by atoms with van der Waals surface area (Å²) in [4.78, 5) is 36.6. The number of fused-ring (bicyclic) bond motifs is 1. The van der Waals surface area contributed by atoms with Crippen molar-refractivity contribution in [1.29, 1.82) is 0 Å². The molecule has 2 aromatic carbocycles. The van der Waals surface area contributed by atoms with Crippen molar-refractivity contribution in [3.05, 3.63) is 73.0 Å². The summed E-state index contributed by atoms with van der Waals surface area (Å²) in [6, 6.07) is 20.8. The van der Waals surface area contributed by atoms with Crippen molar-refractivity contribution in [3.8, 4) is 11.6 Å². The lowest BCUT2D eigenvalue weighted by Gasteiger charge is -2.31. The number of hydrogen-bond acceptors (Lipinski definition) is 6. The number of para-hydroxylation sites is 2. The monoisotopic (exact) mass is 472 g/mol. The second kappa shape index (κ2) is 10.1. The Labute approximate surface area is 201 Å². The van der Waals surface area contributed by atoms with Gasteiger partial charge in [0.25, 0.3) is 0 Å². The third-order valence-corrected chi connectivity index (χ3v) is 6.88. The Morgan fingerprint density at radius 2 is 1.74 bits per heavy atom. The number of rotatable bonds is 6. The third-order valence-electron chi connectivity index (χ3n) is 5.90. The summed E-state index contributed by atoms with van der Waals surface area (Å²) in [6.45, 7) is 1.16. The molecule has 1 aliphatic rings. The van der Waals surface area contributed by atoms with Crippen LogP contribution in [0.5, 0.6) is 0 Å². The number of carbonyl (C=O) groups excluding carboxylic acids is 2. The molecule has 1 saturated heterocycles. The van der Waals surface area contributed by atoms with Crippen molar-refractivity contribution < 1.29 is 14.0 Å². The molecule has 1 aliphatic heterocycles. The van der Waals surface area contributed by atoms with E-state index in [-0.39, 0.29) is 23.5 Å². The summed E-state index contributed by atoms with van der Waals surface area (Å²) in [5.41, 5.74) is 1.61. The Hall–Kier alpha value is -3.65. The fourth-order valence-electron chi connectivity index (χ4n) is 4.05. The molecule has 0 bridgehead atoms. The number of hydrogen-bond donors (Lipinski definition) is 1. The zero-order valence-corrected chi connectivity index (χ0v) is 19.3. The van der Waals surface area contributed by atoms with Gasteiger partial charge < -0.3 is 14.6 Å². The van der Waals surface area contributed by atoms with E-state index in [0.29, 0.717) is 37.5 Å². The smallest absolute Gasteiger partial charge is 0.232 e. The molecule has 7 nitrogen and oxygen atoms in total. The predicted octanol–water partition coefficient (Wildman–Crippen LogP) is 4.86. The highest BCUT2D eigenvalue weighted by atomic mass is 32.2. The first-order chi connectivity index (χ1) is 16.7. The van der Waals surface area contributed by atoms with E-state index in [1.807, 2.05) is 65.6 Å². The molecule has 5 rings (SSSR count). The molecule has 8 heteroatoms. The fourth-order valence-corrected chi connectivity index (χ4v) is 4.97. The minimum Gasteiger partial charge on any atom is -0.461 e. The number of piperidine rings is 1. The number of benzene rings is 2. The topological polar surface area (TPSA) is 88.3 Å². The second-order valence-corrected chi connectivity index (χ2v) is 9.11. The summed E-state index contributed by atoms with van der Waals surface area (Å²) in [5.74, 6) is 1.36. The Kier molecular flexibility index (Phi) is 6.58. The largest absolute Gasteiger partial charge is 0.461 e. The molecule has 2 amide bonds. The molecule has 172 valence electrons. The molecule has 1 N–H and O–H groups in total. The number of amides is 2. The van der Waals surface area contributed by atoms with Crippen LogP contribution in [0.3, 0.4) is 0 Å². The normalized spacial score (nSPS) is 14.3. The van der Waals surface area contributed by atoms with Crippen LogP contribution in [0.25, 0.3) is 22.5 Å². The summed E-state index contributed by atoms with van der Waals surface area (Å²) in [5, 5.41) is 4.63. The Bertz CT molecular complexity index is 1290. The summed E-state index contributed by atoms with van der Waals surface area (Å²) in [6.07, 6.45) is 2.91. The van der Waals surface area contributed by atoms with Gasteiger partial charge in [-0.1, -0.05) is 48.2 Å². The standard InChI is InChI=1S/C26H24N4O3S/c31-23(30-14-12-18(13-15-30)25(32)27-19-7-2-1-3-8-19)17-34-26-20-9-4-5-10-21(20)28-24(29-26)22-11-6-16-33-22/h1-11,16,18H,12-15,17H2,(H,27,32). The van der Waals surface area contributed by atoms with Crippen LogP contribution in [0.2, 0.25) is 0 Å². The third kappa shape index (κ3) is 4.97. The van der Waals surface area contributed by atoms with Crippen LogP contribution in [0.15, 0.2) is 82.4 Å². The maximum atomic E-state index is 12.9. The van der Waals surface area contributed by atoms with Crippen LogP contribution < -0.4 is 5.32 Å². The highest BCUT2D eigenvalue weighted by Crippen LogP contribution is 2.29. The van der Waals surface area contributed by atoms with Crippen LogP contribution >= 0.6 is 11.8 Å². The van der Waals surface area contributed by atoms with Crippen molar-refractivity contribution in [2.45, 2.75) is 17.9 Å². The molecule has 34 heavy (non-hydrogen) atoms. The molecule has 0 spiro atoms. The molecular weight excluding hydrogens is 448 g/mol. The predicted molar refractivity (Wildman–Crippen MR) is 132 cm³/mol. The fraction of sp³-hybridized carbons (Fsp3) is 0.231. The molecule has 0 radical (unpaired) electrons. The summed E-state index contributed by atoms with van der Waals surface area (Å²) in [7, 11) is 0. The van der Waals surface area contributed by atoms with Gasteiger partial charge in [-0.25, -0.2) is 9.97 Å². The van der Waals surface area contributed by atoms with Gasteiger partial charge in [0, 0.05) is 30.1 Å². The van der Waals surface area contributed by atoms with E-state index in [2.05, 4.69) is 15.3 Å². The molecule has 4 aromatic rings. The molecule has 3 heterocycles. The number of nitrogens with one attached hydrogen (secondary N) is 1. The number of furan rings is 1. The number of nitrogens with zero attached hydrogens (tertiary/aromatic N) is 3. The maximum Gasteiger partial charge on any atom is 0.232 e. The lowest BCUT2D eigenvalue weighted by atomic mass is 9.96. The van der Waals surface area contributed by atoms with E-state index in [4.69, 9.17) is 4.42 Å². The van der Waals surface area contributed by atoms with Crippen molar-refractivity contribution in [2.75, 3.05) is 24.2 Å². The van der Waals surface area contributed by atoms with Gasteiger partial charge in [-0.15, -0.1) is 0 Å². The quantitative estimate of drug-likeness (QED) is 0.319. The molecule has 0 aliphatic carbocycles. The maximum absolute atomic E-state index is 12.9. The Morgan fingerprint density at radius 3 is 2.50 bits per heavy atom. The lowest BCUT2D eigenvalue weighted by Crippen LogP contribution is -2.42. The van der Waals surface area contributed by atoms with Gasteiger partial charge >= 0.3 is 0 Å². The van der Waals surface area contributed by atoms with Crippen LogP contribution in [0.1, 0.15) is 12.8 Å². The minimum absolute atomic E-state index is 0.0191. The first-order valence-electron chi connectivity index (χ1n) is 11.2. The Morgan fingerprint density at radius 1 is 0.971 bits per heavy atom. The first-order valence-corrected chi connectivity index (χ1v) is 12.2. The van der Waals surface area contributed by atoms with E-state index in [1.54, 1.807) is 12.3 Å². The average molecular weight is 473 g/mol. The number of aromatic nitrogens is 2. The number of likely N-dealkylation sites (tertiary alicyclic amines) is 1. The van der Waals surface area contributed by atoms with Crippen LogP contribution in [-0.4, -0.2) is 45.5 Å². The van der Waals surface area contributed by atoms with Gasteiger partial charge in [-0.2, -0.15) is 0 Å². The van der Waals surface area contributed by atoms with E-state index in [0.717, 1.165) is 21.6 Å². The van der Waals surface area contributed by atoms with Gasteiger partial charge in [0.2, 0.25) is 11.8 Å². The van der Waals surface area contributed by atoms with Crippen molar-refractivity contribution in [3.63, 3.8) is 0 Å².